The molecule has 26 heavy (non-hydrogen) atoms. The highest BCUT2D eigenvalue weighted by Gasteiger charge is 2.23. The molecule has 0 unspecified atom stereocenters. The summed E-state index contributed by atoms with van der Waals surface area (Å²) in [5, 5.41) is 2.67. The van der Waals surface area contributed by atoms with Gasteiger partial charge in [0.25, 0.3) is 5.91 Å². The minimum absolute atomic E-state index is 0.125. The number of rotatable bonds is 5. The van der Waals surface area contributed by atoms with E-state index in [-0.39, 0.29) is 10.6 Å². The first-order valence-electron chi connectivity index (χ1n) is 7.71. The molecule has 1 aromatic heterocycles. The molecule has 0 aliphatic heterocycles. The summed E-state index contributed by atoms with van der Waals surface area (Å²) in [5.41, 5.74) is 2.02. The summed E-state index contributed by atoms with van der Waals surface area (Å²) < 4.78 is 29.9. The van der Waals surface area contributed by atoms with Crippen molar-refractivity contribution in [2.75, 3.05) is 26.5 Å². The normalized spacial score (nSPS) is 11.5. The molecule has 1 amide bonds. The van der Waals surface area contributed by atoms with E-state index in [1.54, 1.807) is 13.8 Å². The molecule has 2 aromatic rings. The van der Waals surface area contributed by atoms with Crippen LogP contribution in [0.15, 0.2) is 29.2 Å². The average molecular weight is 379 g/mol. The van der Waals surface area contributed by atoms with Crippen LogP contribution in [0.1, 0.15) is 32.1 Å². The van der Waals surface area contributed by atoms with E-state index in [0.29, 0.717) is 22.5 Å². The van der Waals surface area contributed by atoms with Gasteiger partial charge in [0.1, 0.15) is 5.69 Å². The van der Waals surface area contributed by atoms with E-state index in [0.717, 1.165) is 4.31 Å². The zero-order valence-electron chi connectivity index (χ0n) is 15.2. The molecule has 0 saturated carbocycles. The summed E-state index contributed by atoms with van der Waals surface area (Å²) in [6.45, 7) is 3.33. The molecule has 2 N–H and O–H groups in total. The third-order valence-electron chi connectivity index (χ3n) is 3.94. The van der Waals surface area contributed by atoms with E-state index in [4.69, 9.17) is 4.74 Å². The van der Waals surface area contributed by atoms with Crippen molar-refractivity contribution in [3.05, 3.63) is 46.8 Å². The summed E-state index contributed by atoms with van der Waals surface area (Å²) in [6.07, 6.45) is 0. The number of nitrogens with one attached hydrogen (secondary N) is 2. The number of aromatic nitrogens is 1. The van der Waals surface area contributed by atoms with Crippen LogP contribution in [0, 0.1) is 13.8 Å². The number of ether oxygens (including phenoxy) is 1. The first-order chi connectivity index (χ1) is 12.1. The molecule has 8 nitrogen and oxygen atoms in total. The van der Waals surface area contributed by atoms with Crippen molar-refractivity contribution in [3.8, 4) is 0 Å². The lowest BCUT2D eigenvalue weighted by molar-refractivity contribution is 0.0599. The molecule has 0 saturated heterocycles. The molecule has 0 aliphatic carbocycles. The maximum Gasteiger partial charge on any atom is 0.339 e. The van der Waals surface area contributed by atoms with Crippen molar-refractivity contribution in [3.63, 3.8) is 0 Å². The van der Waals surface area contributed by atoms with Crippen LogP contribution in [-0.4, -0.2) is 50.8 Å². The van der Waals surface area contributed by atoms with E-state index in [2.05, 4.69) is 10.3 Å². The van der Waals surface area contributed by atoms with E-state index < -0.39 is 21.9 Å². The summed E-state index contributed by atoms with van der Waals surface area (Å²) in [5.74, 6) is -0.961. The molecule has 140 valence electrons. The number of aryl methyl sites for hydroxylation is 1. The van der Waals surface area contributed by atoms with Crippen molar-refractivity contribution < 1.29 is 22.7 Å². The number of hydrogen-bond donors (Lipinski definition) is 2. The van der Waals surface area contributed by atoms with Crippen LogP contribution in [0.2, 0.25) is 0 Å². The molecule has 2 rings (SSSR count). The Hall–Kier alpha value is -2.65. The van der Waals surface area contributed by atoms with Crippen LogP contribution in [0.3, 0.4) is 0 Å². The molecular formula is C17H21N3O5S. The molecule has 0 bridgehead atoms. The standard InChI is InChI=1S/C17H21N3O5S/c1-10-14(17(22)25-5)11(2)18-15(10)16(21)19-12-6-8-13(9-7-12)26(23,24)20(3)4/h6-9,18H,1-5H3,(H,19,21). The Balaban J connectivity index is 2.25. The summed E-state index contributed by atoms with van der Waals surface area (Å²) in [7, 11) is 0.632. The number of carbonyl (C=O) groups is 2. The fourth-order valence-corrected chi connectivity index (χ4v) is 3.40. The quantitative estimate of drug-likeness (QED) is 0.772. The Kier molecular flexibility index (Phi) is 5.53. The second-order valence-corrected chi connectivity index (χ2v) is 8.03. The molecule has 0 aliphatic rings. The van der Waals surface area contributed by atoms with Gasteiger partial charge in [0, 0.05) is 25.5 Å². The molecule has 1 aromatic carbocycles. The van der Waals surface area contributed by atoms with Crippen LogP contribution in [0.25, 0.3) is 0 Å². The molecule has 0 radical (unpaired) electrons. The van der Waals surface area contributed by atoms with Crippen molar-refractivity contribution in [1.29, 1.82) is 0 Å². The zero-order valence-corrected chi connectivity index (χ0v) is 16.0. The Morgan fingerprint density at radius 3 is 2.19 bits per heavy atom. The van der Waals surface area contributed by atoms with Crippen LogP contribution in [-0.2, 0) is 14.8 Å². The van der Waals surface area contributed by atoms with Gasteiger partial charge in [-0.2, -0.15) is 0 Å². The number of H-pyrrole nitrogens is 1. The summed E-state index contributed by atoms with van der Waals surface area (Å²) >= 11 is 0. The number of amides is 1. The van der Waals surface area contributed by atoms with Crippen LogP contribution in [0.5, 0.6) is 0 Å². The van der Waals surface area contributed by atoms with E-state index in [1.165, 1.54) is 45.5 Å². The van der Waals surface area contributed by atoms with Gasteiger partial charge in [-0.15, -0.1) is 0 Å². The molecule has 9 heteroatoms. The predicted octanol–water partition coefficient (Wildman–Crippen LogP) is 1.92. The molecule has 1 heterocycles. The Labute approximate surface area is 152 Å². The second-order valence-electron chi connectivity index (χ2n) is 5.88. The zero-order chi connectivity index (χ0) is 19.6. The fourth-order valence-electron chi connectivity index (χ4n) is 2.50. The molecule has 0 fully saturated rings. The average Bonchev–Trinajstić information content (AvgIpc) is 2.89. The number of hydrogen-bond acceptors (Lipinski definition) is 5. The van der Waals surface area contributed by atoms with E-state index >= 15 is 0 Å². The van der Waals surface area contributed by atoms with Gasteiger partial charge < -0.3 is 15.0 Å². The second kappa shape index (κ2) is 7.30. The van der Waals surface area contributed by atoms with Gasteiger partial charge in [-0.05, 0) is 43.7 Å². The van der Waals surface area contributed by atoms with Crippen molar-refractivity contribution in [2.24, 2.45) is 0 Å². The van der Waals surface area contributed by atoms with E-state index in [9.17, 15) is 18.0 Å². The maximum absolute atomic E-state index is 12.5. The van der Waals surface area contributed by atoms with Gasteiger partial charge in [0.2, 0.25) is 10.0 Å². The van der Waals surface area contributed by atoms with Gasteiger partial charge in [-0.1, -0.05) is 0 Å². The third kappa shape index (κ3) is 3.63. The molecule has 0 atom stereocenters. The minimum atomic E-state index is -3.53. The first-order valence-corrected chi connectivity index (χ1v) is 9.15. The van der Waals surface area contributed by atoms with Crippen molar-refractivity contribution in [1.82, 2.24) is 9.29 Å². The number of nitrogens with zero attached hydrogens (tertiary/aromatic N) is 1. The monoisotopic (exact) mass is 379 g/mol. The summed E-state index contributed by atoms with van der Waals surface area (Å²) in [6, 6.07) is 5.83. The van der Waals surface area contributed by atoms with Crippen LogP contribution in [0.4, 0.5) is 5.69 Å². The Morgan fingerprint density at radius 2 is 1.69 bits per heavy atom. The van der Waals surface area contributed by atoms with Gasteiger partial charge in [-0.25, -0.2) is 17.5 Å². The maximum atomic E-state index is 12.5. The smallest absolute Gasteiger partial charge is 0.339 e. The van der Waals surface area contributed by atoms with Gasteiger partial charge in [-0.3, -0.25) is 4.79 Å². The lowest BCUT2D eigenvalue weighted by Gasteiger charge is -2.12. The molecular weight excluding hydrogens is 358 g/mol. The van der Waals surface area contributed by atoms with Crippen LogP contribution >= 0.6 is 0 Å². The van der Waals surface area contributed by atoms with Gasteiger partial charge in [0.05, 0.1) is 17.6 Å². The number of anilines is 1. The summed E-state index contributed by atoms with van der Waals surface area (Å²) in [4.78, 5) is 27.3. The Bertz CT molecular complexity index is 944. The topological polar surface area (TPSA) is 109 Å². The van der Waals surface area contributed by atoms with Crippen molar-refractivity contribution >= 4 is 27.6 Å². The lowest BCUT2D eigenvalue weighted by Crippen LogP contribution is -2.22. The minimum Gasteiger partial charge on any atom is -0.465 e. The molecule has 0 spiro atoms. The number of carbonyl (C=O) groups excluding carboxylic acids is 2. The number of benzene rings is 1. The van der Waals surface area contributed by atoms with Gasteiger partial charge in [0.15, 0.2) is 0 Å². The third-order valence-corrected chi connectivity index (χ3v) is 5.77. The number of esters is 1. The number of methoxy groups -OCH3 is 1. The lowest BCUT2D eigenvalue weighted by atomic mass is 10.1. The number of aromatic amines is 1. The number of sulfonamides is 1. The van der Waals surface area contributed by atoms with E-state index in [1.807, 2.05) is 0 Å². The highest BCUT2D eigenvalue weighted by atomic mass is 32.2. The highest BCUT2D eigenvalue weighted by molar-refractivity contribution is 7.89. The Morgan fingerprint density at radius 1 is 1.12 bits per heavy atom. The van der Waals surface area contributed by atoms with Crippen molar-refractivity contribution in [2.45, 2.75) is 18.7 Å². The van der Waals surface area contributed by atoms with Gasteiger partial charge >= 0.3 is 5.97 Å². The largest absolute Gasteiger partial charge is 0.465 e. The fraction of sp³-hybridized carbons (Fsp3) is 0.294. The highest BCUT2D eigenvalue weighted by Crippen LogP contribution is 2.21. The predicted molar refractivity (Wildman–Crippen MR) is 96.9 cm³/mol. The SMILES string of the molecule is COC(=O)c1c(C)[nH]c(C(=O)Nc2ccc(S(=O)(=O)N(C)C)cc2)c1C. The first kappa shape index (κ1) is 19.7. The van der Waals surface area contributed by atoms with Crippen LogP contribution < -0.4 is 5.32 Å².